The molecule has 2 rings (SSSR count). The minimum Gasteiger partial charge on any atom is -0.298 e. The molecule has 1 aromatic heterocycles. The van der Waals surface area contributed by atoms with Crippen molar-refractivity contribution in [2.24, 2.45) is 0 Å². The number of benzene rings is 1. The van der Waals surface area contributed by atoms with Crippen LogP contribution in [0.15, 0.2) is 35.7 Å². The Kier molecular flexibility index (Phi) is 3.44. The molecule has 0 bridgehead atoms. The number of nitrogens with one attached hydrogen (secondary N) is 2. The normalized spacial score (nSPS) is 10.0. The standard InChI is InChI=1S/C13H14N2OS/c1-9-5-6-11(10(2)8-9)14-15-13(16)12-4-3-7-17-12/h3-8,14H,1-2H3,(H,15,16). The summed E-state index contributed by atoms with van der Waals surface area (Å²) in [5.41, 5.74) is 8.85. The maximum absolute atomic E-state index is 11.7. The maximum Gasteiger partial charge on any atom is 0.279 e. The van der Waals surface area contributed by atoms with Crippen LogP contribution in [-0.2, 0) is 0 Å². The molecule has 88 valence electrons. The summed E-state index contributed by atoms with van der Waals surface area (Å²) < 4.78 is 0. The molecule has 3 nitrogen and oxygen atoms in total. The van der Waals surface area contributed by atoms with Crippen LogP contribution < -0.4 is 10.9 Å². The number of aryl methyl sites for hydroxylation is 2. The molecule has 2 aromatic rings. The second-order valence-corrected chi connectivity index (χ2v) is 4.82. The molecule has 0 atom stereocenters. The Labute approximate surface area is 104 Å². The van der Waals surface area contributed by atoms with Crippen molar-refractivity contribution in [1.82, 2.24) is 5.43 Å². The summed E-state index contributed by atoms with van der Waals surface area (Å²) in [5.74, 6) is -0.111. The number of thiophene rings is 1. The molecule has 0 radical (unpaired) electrons. The number of hydrogen-bond acceptors (Lipinski definition) is 3. The van der Waals surface area contributed by atoms with Crippen LogP contribution in [0.25, 0.3) is 0 Å². The minimum absolute atomic E-state index is 0.111. The molecule has 1 aromatic carbocycles. The summed E-state index contributed by atoms with van der Waals surface area (Å²) in [6.07, 6.45) is 0. The van der Waals surface area contributed by atoms with Crippen LogP contribution in [0.1, 0.15) is 20.8 Å². The topological polar surface area (TPSA) is 41.1 Å². The Hall–Kier alpha value is -1.81. The van der Waals surface area contributed by atoms with E-state index in [2.05, 4.69) is 16.9 Å². The van der Waals surface area contributed by atoms with E-state index < -0.39 is 0 Å². The van der Waals surface area contributed by atoms with Gasteiger partial charge >= 0.3 is 0 Å². The van der Waals surface area contributed by atoms with Crippen LogP contribution in [0.3, 0.4) is 0 Å². The fraction of sp³-hybridized carbons (Fsp3) is 0.154. The van der Waals surface area contributed by atoms with E-state index in [4.69, 9.17) is 0 Å². The molecule has 0 aliphatic carbocycles. The minimum atomic E-state index is -0.111. The molecule has 2 N–H and O–H groups in total. The molecule has 0 spiro atoms. The fourth-order valence-electron chi connectivity index (χ4n) is 1.55. The third-order valence-electron chi connectivity index (χ3n) is 2.44. The Morgan fingerprint density at radius 1 is 1.24 bits per heavy atom. The van der Waals surface area contributed by atoms with Gasteiger partial charge in [-0.15, -0.1) is 11.3 Å². The molecule has 4 heteroatoms. The lowest BCUT2D eigenvalue weighted by molar-refractivity contribution is 0.0966. The third kappa shape index (κ3) is 2.85. The molecule has 1 amide bonds. The van der Waals surface area contributed by atoms with Crippen LogP contribution in [-0.4, -0.2) is 5.91 Å². The van der Waals surface area contributed by atoms with Gasteiger partial charge in [-0.2, -0.15) is 0 Å². The predicted octanol–water partition coefficient (Wildman–Crippen LogP) is 3.12. The van der Waals surface area contributed by atoms with Gasteiger partial charge in [0.2, 0.25) is 0 Å². The van der Waals surface area contributed by atoms with Crippen molar-refractivity contribution in [2.45, 2.75) is 13.8 Å². The summed E-state index contributed by atoms with van der Waals surface area (Å²) in [4.78, 5) is 12.4. The Morgan fingerprint density at radius 3 is 2.71 bits per heavy atom. The van der Waals surface area contributed by atoms with Gasteiger partial charge in [-0.3, -0.25) is 15.6 Å². The van der Waals surface area contributed by atoms with E-state index in [0.717, 1.165) is 11.3 Å². The molecule has 0 aliphatic rings. The first-order valence-corrected chi connectivity index (χ1v) is 6.22. The Bertz CT molecular complexity index is 520. The number of hydrogen-bond donors (Lipinski definition) is 2. The number of carbonyl (C=O) groups is 1. The number of carbonyl (C=O) groups excluding carboxylic acids is 1. The monoisotopic (exact) mass is 246 g/mol. The lowest BCUT2D eigenvalue weighted by Crippen LogP contribution is -2.28. The van der Waals surface area contributed by atoms with Gasteiger partial charge in [0.15, 0.2) is 0 Å². The number of rotatable bonds is 3. The van der Waals surface area contributed by atoms with E-state index in [0.29, 0.717) is 4.88 Å². The fourth-order valence-corrected chi connectivity index (χ4v) is 2.17. The highest BCUT2D eigenvalue weighted by atomic mass is 32.1. The van der Waals surface area contributed by atoms with Crippen LogP contribution in [0.5, 0.6) is 0 Å². The highest BCUT2D eigenvalue weighted by molar-refractivity contribution is 7.12. The van der Waals surface area contributed by atoms with Gasteiger partial charge in [0.1, 0.15) is 0 Å². The first-order chi connectivity index (χ1) is 8.16. The lowest BCUT2D eigenvalue weighted by atomic mass is 10.1. The summed E-state index contributed by atoms with van der Waals surface area (Å²) in [5, 5.41) is 1.88. The second-order valence-electron chi connectivity index (χ2n) is 3.87. The largest absolute Gasteiger partial charge is 0.298 e. The maximum atomic E-state index is 11.7. The zero-order valence-corrected chi connectivity index (χ0v) is 10.6. The van der Waals surface area contributed by atoms with Crippen LogP contribution in [0.4, 0.5) is 5.69 Å². The van der Waals surface area contributed by atoms with Gasteiger partial charge in [-0.1, -0.05) is 23.8 Å². The van der Waals surface area contributed by atoms with Crippen molar-refractivity contribution in [3.8, 4) is 0 Å². The smallest absolute Gasteiger partial charge is 0.279 e. The van der Waals surface area contributed by atoms with Gasteiger partial charge in [-0.25, -0.2) is 0 Å². The Morgan fingerprint density at radius 2 is 2.06 bits per heavy atom. The van der Waals surface area contributed by atoms with E-state index >= 15 is 0 Å². The molecule has 0 unspecified atom stereocenters. The van der Waals surface area contributed by atoms with Crippen LogP contribution in [0.2, 0.25) is 0 Å². The van der Waals surface area contributed by atoms with Crippen molar-refractivity contribution in [3.05, 3.63) is 51.7 Å². The van der Waals surface area contributed by atoms with Gasteiger partial charge < -0.3 is 0 Å². The average Bonchev–Trinajstić information content (AvgIpc) is 2.81. The highest BCUT2D eigenvalue weighted by Gasteiger charge is 2.05. The lowest BCUT2D eigenvalue weighted by Gasteiger charge is -2.10. The number of amides is 1. The molecular weight excluding hydrogens is 232 g/mol. The van der Waals surface area contributed by atoms with E-state index in [-0.39, 0.29) is 5.91 Å². The van der Waals surface area contributed by atoms with Crippen molar-refractivity contribution in [2.75, 3.05) is 5.43 Å². The predicted molar refractivity (Wildman–Crippen MR) is 71.3 cm³/mol. The summed E-state index contributed by atoms with van der Waals surface area (Å²) >= 11 is 1.42. The highest BCUT2D eigenvalue weighted by Crippen LogP contribution is 2.15. The number of anilines is 1. The number of hydrazine groups is 1. The molecular formula is C13H14N2OS. The third-order valence-corrected chi connectivity index (χ3v) is 3.31. The molecule has 1 heterocycles. The average molecular weight is 246 g/mol. The Balaban J connectivity index is 2.01. The second kappa shape index (κ2) is 5.01. The van der Waals surface area contributed by atoms with E-state index in [1.54, 1.807) is 6.07 Å². The van der Waals surface area contributed by atoms with E-state index in [1.165, 1.54) is 16.9 Å². The van der Waals surface area contributed by atoms with Gasteiger partial charge in [-0.05, 0) is 36.9 Å². The van der Waals surface area contributed by atoms with Crippen molar-refractivity contribution in [1.29, 1.82) is 0 Å². The molecule has 0 fully saturated rings. The zero-order valence-electron chi connectivity index (χ0n) is 9.78. The SMILES string of the molecule is Cc1ccc(NNC(=O)c2cccs2)c(C)c1. The molecule has 0 saturated heterocycles. The molecule has 0 saturated carbocycles. The van der Waals surface area contributed by atoms with Gasteiger partial charge in [0.05, 0.1) is 10.6 Å². The van der Waals surface area contributed by atoms with Crippen molar-refractivity contribution in [3.63, 3.8) is 0 Å². The zero-order chi connectivity index (χ0) is 12.3. The van der Waals surface area contributed by atoms with E-state index in [9.17, 15) is 4.79 Å². The van der Waals surface area contributed by atoms with Crippen LogP contribution >= 0.6 is 11.3 Å². The first-order valence-electron chi connectivity index (χ1n) is 5.34. The molecule has 17 heavy (non-hydrogen) atoms. The van der Waals surface area contributed by atoms with Gasteiger partial charge in [0.25, 0.3) is 5.91 Å². The summed E-state index contributed by atoms with van der Waals surface area (Å²) in [7, 11) is 0. The van der Waals surface area contributed by atoms with Crippen molar-refractivity contribution >= 4 is 22.9 Å². The van der Waals surface area contributed by atoms with Gasteiger partial charge in [0, 0.05) is 0 Å². The van der Waals surface area contributed by atoms with Crippen molar-refractivity contribution < 1.29 is 4.79 Å². The van der Waals surface area contributed by atoms with E-state index in [1.807, 2.05) is 37.4 Å². The summed E-state index contributed by atoms with van der Waals surface area (Å²) in [6, 6.07) is 9.69. The quantitative estimate of drug-likeness (QED) is 0.817. The first kappa shape index (κ1) is 11.7. The molecule has 0 aliphatic heterocycles. The summed E-state index contributed by atoms with van der Waals surface area (Å²) in [6.45, 7) is 4.05. The van der Waals surface area contributed by atoms with Crippen LogP contribution in [0, 0.1) is 13.8 Å².